The molecule has 0 saturated heterocycles. The van der Waals surface area contributed by atoms with Gasteiger partial charge < -0.3 is 14.2 Å². The fourth-order valence-electron chi connectivity index (χ4n) is 5.74. The van der Waals surface area contributed by atoms with E-state index in [1.54, 1.807) is 0 Å². The number of benzene rings is 5. The van der Waals surface area contributed by atoms with Crippen molar-refractivity contribution in [1.82, 2.24) is 0 Å². The molecule has 0 N–H and O–H groups in total. The Morgan fingerprint density at radius 2 is 1.23 bits per heavy atom. The van der Waals surface area contributed by atoms with E-state index >= 15 is 0 Å². The molecule has 0 spiro atoms. The fraction of sp³-hybridized carbons (Fsp3) is 0.189. The molecule has 5 aromatic carbocycles. The first-order valence-corrected chi connectivity index (χ1v) is 13.6. The molecule has 0 saturated carbocycles. The second kappa shape index (κ2) is 10.7. The average Bonchev–Trinajstić information content (AvgIpc) is 2.97. The molecule has 0 fully saturated rings. The van der Waals surface area contributed by atoms with Crippen LogP contribution in [0.2, 0.25) is 0 Å². The lowest BCUT2D eigenvalue weighted by molar-refractivity contribution is 0.371. The van der Waals surface area contributed by atoms with E-state index in [4.69, 9.17) is 27.1 Å². The Morgan fingerprint density at radius 1 is 0.700 bits per heavy atom. The minimum atomic E-state index is -0.0331. The van der Waals surface area contributed by atoms with Gasteiger partial charge in [-0.15, -0.1) is 12.8 Å². The van der Waals surface area contributed by atoms with Crippen LogP contribution < -0.4 is 14.2 Å². The summed E-state index contributed by atoms with van der Waals surface area (Å²) in [6.07, 6.45) is 11.9. The van der Waals surface area contributed by atoms with Gasteiger partial charge in [-0.25, -0.2) is 0 Å². The van der Waals surface area contributed by atoms with Crippen LogP contribution in [0.4, 0.5) is 0 Å². The minimum absolute atomic E-state index is 0.0331. The molecule has 40 heavy (non-hydrogen) atoms. The number of hydrogen-bond donors (Lipinski definition) is 0. The summed E-state index contributed by atoms with van der Waals surface area (Å²) >= 11 is 0. The summed E-state index contributed by atoms with van der Waals surface area (Å²) in [6, 6.07) is 29.6. The molecule has 1 aliphatic rings. The number of rotatable bonds is 7. The van der Waals surface area contributed by atoms with Crippen molar-refractivity contribution in [2.24, 2.45) is 5.92 Å². The highest BCUT2D eigenvalue weighted by molar-refractivity contribution is 5.96. The van der Waals surface area contributed by atoms with Crippen LogP contribution in [0.3, 0.4) is 0 Å². The van der Waals surface area contributed by atoms with Crippen molar-refractivity contribution in [1.29, 1.82) is 0 Å². The zero-order valence-corrected chi connectivity index (χ0v) is 22.7. The second-order valence-corrected chi connectivity index (χ2v) is 10.6. The molecule has 3 heteroatoms. The summed E-state index contributed by atoms with van der Waals surface area (Å²) in [4.78, 5) is 0. The van der Waals surface area contributed by atoms with E-state index in [0.717, 1.165) is 62.1 Å². The van der Waals surface area contributed by atoms with Gasteiger partial charge in [0, 0.05) is 17.0 Å². The molecule has 1 heterocycles. The minimum Gasteiger partial charge on any atom is -0.481 e. The Labute approximate surface area is 235 Å². The van der Waals surface area contributed by atoms with Crippen molar-refractivity contribution >= 4 is 21.5 Å². The fourth-order valence-corrected chi connectivity index (χ4v) is 5.74. The molecule has 0 aromatic heterocycles. The van der Waals surface area contributed by atoms with Crippen LogP contribution in [0.15, 0.2) is 84.9 Å². The van der Waals surface area contributed by atoms with Crippen LogP contribution in [0.5, 0.6) is 23.0 Å². The first kappa shape index (κ1) is 25.4. The summed E-state index contributed by atoms with van der Waals surface area (Å²) in [5.41, 5.74) is 4.85. The van der Waals surface area contributed by atoms with Gasteiger partial charge in [-0.3, -0.25) is 0 Å². The average molecular weight is 523 g/mol. The second-order valence-electron chi connectivity index (χ2n) is 10.6. The van der Waals surface area contributed by atoms with Crippen molar-refractivity contribution in [2.45, 2.75) is 26.2 Å². The van der Waals surface area contributed by atoms with Crippen LogP contribution >= 0.6 is 0 Å². The molecular weight excluding hydrogens is 492 g/mol. The molecule has 0 unspecified atom stereocenters. The van der Waals surface area contributed by atoms with Gasteiger partial charge in [-0.1, -0.05) is 74.2 Å². The molecular formula is C37H30O3. The highest BCUT2D eigenvalue weighted by Crippen LogP contribution is 2.52. The van der Waals surface area contributed by atoms with Crippen molar-refractivity contribution < 1.29 is 14.2 Å². The van der Waals surface area contributed by atoms with E-state index in [2.05, 4.69) is 86.4 Å². The van der Waals surface area contributed by atoms with Gasteiger partial charge in [0.1, 0.15) is 36.2 Å². The smallest absolute Gasteiger partial charge is 0.148 e. The summed E-state index contributed by atoms with van der Waals surface area (Å²) < 4.78 is 18.0. The third kappa shape index (κ3) is 4.72. The van der Waals surface area contributed by atoms with Crippen LogP contribution in [0.25, 0.3) is 21.5 Å². The molecule has 0 amide bonds. The highest BCUT2D eigenvalue weighted by Gasteiger charge is 2.32. The predicted molar refractivity (Wildman–Crippen MR) is 163 cm³/mol. The number of ether oxygens (including phenoxy) is 3. The number of terminal acetylenes is 2. The van der Waals surface area contributed by atoms with Crippen molar-refractivity contribution in [3.63, 3.8) is 0 Å². The first-order chi connectivity index (χ1) is 19.6. The lowest BCUT2D eigenvalue weighted by Gasteiger charge is -2.31. The Hall–Kier alpha value is -4.86. The van der Waals surface area contributed by atoms with Gasteiger partial charge in [0.05, 0.1) is 0 Å². The van der Waals surface area contributed by atoms with Crippen LogP contribution in [-0.4, -0.2) is 13.2 Å². The van der Waals surface area contributed by atoms with E-state index in [1.165, 1.54) is 11.1 Å². The van der Waals surface area contributed by atoms with Gasteiger partial charge in [0.15, 0.2) is 0 Å². The zero-order valence-electron chi connectivity index (χ0n) is 22.7. The van der Waals surface area contributed by atoms with Crippen LogP contribution in [0, 0.1) is 30.6 Å². The summed E-state index contributed by atoms with van der Waals surface area (Å²) in [5, 5.41) is 4.40. The Morgan fingerprint density at radius 3 is 1.70 bits per heavy atom. The molecule has 5 aromatic rings. The monoisotopic (exact) mass is 522 g/mol. The maximum Gasteiger partial charge on any atom is 0.148 e. The Kier molecular flexibility index (Phi) is 6.81. The van der Waals surface area contributed by atoms with Gasteiger partial charge in [0.2, 0.25) is 0 Å². The van der Waals surface area contributed by atoms with Gasteiger partial charge in [-0.05, 0) is 81.4 Å². The lowest BCUT2D eigenvalue weighted by atomic mass is 9.78. The highest BCUT2D eigenvalue weighted by atomic mass is 16.5. The van der Waals surface area contributed by atoms with E-state index in [0.29, 0.717) is 5.92 Å². The zero-order chi connectivity index (χ0) is 27.6. The molecule has 3 nitrogen and oxygen atoms in total. The number of hydrogen-bond acceptors (Lipinski definition) is 3. The van der Waals surface area contributed by atoms with Gasteiger partial charge >= 0.3 is 0 Å². The maximum absolute atomic E-state index is 6.60. The van der Waals surface area contributed by atoms with Gasteiger partial charge in [-0.2, -0.15) is 0 Å². The topological polar surface area (TPSA) is 27.7 Å². The molecule has 1 aliphatic heterocycles. The largest absolute Gasteiger partial charge is 0.481 e. The van der Waals surface area contributed by atoms with Crippen molar-refractivity contribution in [3.8, 4) is 47.7 Å². The quantitative estimate of drug-likeness (QED) is 0.197. The maximum atomic E-state index is 6.60. The Bertz CT molecular complexity index is 1690. The van der Waals surface area contributed by atoms with E-state index in [-0.39, 0.29) is 19.1 Å². The normalized spacial score (nSPS) is 12.3. The SMILES string of the molecule is C#CCOc1ccc2c3c(ccc2c1)Oc1ccc2cc(OCC#C)ccc2c1C3c1ccc(CC(C)C)cc1. The van der Waals surface area contributed by atoms with Gasteiger partial charge in [0.25, 0.3) is 0 Å². The summed E-state index contributed by atoms with van der Waals surface area (Å²) in [6.45, 7) is 4.97. The third-order valence-electron chi connectivity index (χ3n) is 7.38. The molecule has 0 radical (unpaired) electrons. The predicted octanol–water partition coefficient (Wildman–Crippen LogP) is 8.50. The van der Waals surface area contributed by atoms with Crippen molar-refractivity contribution in [2.75, 3.05) is 13.2 Å². The molecule has 196 valence electrons. The third-order valence-corrected chi connectivity index (χ3v) is 7.38. The van der Waals surface area contributed by atoms with E-state index in [9.17, 15) is 0 Å². The first-order valence-electron chi connectivity index (χ1n) is 13.6. The Balaban J connectivity index is 1.56. The standard InChI is InChI=1S/C37H30O3/c1-5-19-38-29-13-15-31-27(22-29)11-17-33-36(31)35(26-9-7-25(8-10-26)21-24(3)4)37-32-16-14-30(39-20-6-2)23-28(32)12-18-34(37)40-33/h1-2,7-18,22-24,35H,19-21H2,3-4H3. The van der Waals surface area contributed by atoms with Crippen LogP contribution in [0.1, 0.15) is 42.0 Å². The molecule has 0 atom stereocenters. The summed E-state index contributed by atoms with van der Waals surface area (Å²) in [5.74, 6) is 8.88. The molecule has 0 bridgehead atoms. The van der Waals surface area contributed by atoms with E-state index in [1.807, 2.05) is 24.3 Å². The van der Waals surface area contributed by atoms with Crippen LogP contribution in [-0.2, 0) is 6.42 Å². The lowest BCUT2D eigenvalue weighted by Crippen LogP contribution is -2.13. The molecule has 0 aliphatic carbocycles. The molecule has 6 rings (SSSR count). The summed E-state index contributed by atoms with van der Waals surface area (Å²) in [7, 11) is 0. The van der Waals surface area contributed by atoms with Crippen molar-refractivity contribution in [3.05, 3.63) is 107 Å². The van der Waals surface area contributed by atoms with E-state index < -0.39 is 0 Å². The number of fused-ring (bicyclic) bond motifs is 6.